The summed E-state index contributed by atoms with van der Waals surface area (Å²) < 4.78 is 12.8. The number of aromatic nitrogens is 3. The normalized spacial score (nSPS) is 11.6. The summed E-state index contributed by atoms with van der Waals surface area (Å²) in [6.07, 6.45) is 0. The van der Waals surface area contributed by atoms with Crippen LogP contribution < -0.4 is 0 Å². The van der Waals surface area contributed by atoms with E-state index in [2.05, 4.69) is 121 Å². The lowest BCUT2D eigenvalue weighted by Crippen LogP contribution is -2.00. The summed E-state index contributed by atoms with van der Waals surface area (Å²) in [7, 11) is 0. The van der Waals surface area contributed by atoms with Gasteiger partial charge in [0.05, 0.1) is 0 Å². The Hall–Kier alpha value is -7.63. The molecule has 0 spiro atoms. The van der Waals surface area contributed by atoms with Crippen LogP contribution in [-0.2, 0) is 0 Å². The largest absolute Gasteiger partial charge is 0.456 e. The molecule has 3 heterocycles. The summed E-state index contributed by atoms with van der Waals surface area (Å²) in [4.78, 5) is 14.9. The van der Waals surface area contributed by atoms with E-state index < -0.39 is 0 Å². The van der Waals surface area contributed by atoms with E-state index in [0.29, 0.717) is 17.5 Å². The molecule has 0 bridgehead atoms. The second kappa shape index (κ2) is 13.0. The molecule has 0 fully saturated rings. The van der Waals surface area contributed by atoms with E-state index in [0.717, 1.165) is 71.7 Å². The van der Waals surface area contributed by atoms with Crippen molar-refractivity contribution in [3.63, 3.8) is 0 Å². The first-order valence-electron chi connectivity index (χ1n) is 18.7. The maximum absolute atomic E-state index is 6.54. The third kappa shape index (κ3) is 5.62. The Morgan fingerprint density at radius 1 is 0.232 bits per heavy atom. The molecule has 11 rings (SSSR count). The van der Waals surface area contributed by atoms with Crippen molar-refractivity contribution < 1.29 is 8.83 Å². The van der Waals surface area contributed by atoms with Crippen LogP contribution in [0.25, 0.3) is 111 Å². The molecule has 8 aromatic carbocycles. The average molecular weight is 718 g/mol. The van der Waals surface area contributed by atoms with Crippen molar-refractivity contribution in [1.29, 1.82) is 0 Å². The summed E-state index contributed by atoms with van der Waals surface area (Å²) >= 11 is 0. The first-order valence-corrected chi connectivity index (χ1v) is 18.7. The first kappa shape index (κ1) is 31.9. The van der Waals surface area contributed by atoms with Crippen LogP contribution in [0.2, 0.25) is 0 Å². The number of nitrogens with zero attached hydrogens (tertiary/aromatic N) is 3. The van der Waals surface area contributed by atoms with Gasteiger partial charge in [-0.1, -0.05) is 146 Å². The van der Waals surface area contributed by atoms with Gasteiger partial charge in [-0.05, 0) is 75.8 Å². The number of hydrogen-bond donors (Lipinski definition) is 0. The van der Waals surface area contributed by atoms with Crippen LogP contribution in [-0.4, -0.2) is 15.0 Å². The zero-order chi connectivity index (χ0) is 37.0. The molecule has 262 valence electrons. The molecular formula is C51H31N3O2. The van der Waals surface area contributed by atoms with E-state index in [1.807, 2.05) is 66.7 Å². The Morgan fingerprint density at radius 3 is 1.07 bits per heavy atom. The van der Waals surface area contributed by atoms with E-state index in [1.165, 1.54) is 22.3 Å². The molecule has 5 heteroatoms. The number of hydrogen-bond acceptors (Lipinski definition) is 5. The third-order valence-corrected chi connectivity index (χ3v) is 10.6. The SMILES string of the molecule is c1ccc(-c2ccc(-c3ccc(-c4ccc5c(c4)oc4cc(-c6nc(-c7ccccc7)nc(-c7ccc8c(c7)oc7ccccc78)n6)ccc45)cc3)cc2)cc1. The second-order valence-electron chi connectivity index (χ2n) is 14.0. The van der Waals surface area contributed by atoms with Gasteiger partial charge in [-0.25, -0.2) is 15.0 Å². The molecule has 5 nitrogen and oxygen atoms in total. The molecular weight excluding hydrogens is 687 g/mol. The van der Waals surface area contributed by atoms with Crippen LogP contribution in [0.15, 0.2) is 197 Å². The molecule has 0 atom stereocenters. The number of para-hydroxylation sites is 1. The van der Waals surface area contributed by atoms with Gasteiger partial charge in [-0.3, -0.25) is 0 Å². The Labute approximate surface area is 322 Å². The van der Waals surface area contributed by atoms with Crippen LogP contribution in [0.5, 0.6) is 0 Å². The molecule has 56 heavy (non-hydrogen) atoms. The summed E-state index contributed by atoms with van der Waals surface area (Å²) in [6.45, 7) is 0. The lowest BCUT2D eigenvalue weighted by Gasteiger charge is -2.08. The standard InChI is InChI=1S/C51H31N3O2/c1-3-9-32(10-4-1)33-15-17-34(18-16-33)35-19-21-36(22-20-35)38-23-26-43-44-28-25-40(31-48(44)56-46(43)29-38)51-53-49(37-11-5-2-6-12-37)52-50(54-51)39-24-27-42-41-13-7-8-14-45(41)55-47(42)30-39/h1-31H. The van der Waals surface area contributed by atoms with Gasteiger partial charge in [-0.2, -0.15) is 0 Å². The van der Waals surface area contributed by atoms with Gasteiger partial charge in [0.15, 0.2) is 17.5 Å². The van der Waals surface area contributed by atoms with Crippen molar-refractivity contribution in [2.24, 2.45) is 0 Å². The van der Waals surface area contributed by atoms with Crippen LogP contribution >= 0.6 is 0 Å². The fourth-order valence-corrected chi connectivity index (χ4v) is 7.65. The van der Waals surface area contributed by atoms with Crippen molar-refractivity contribution in [3.05, 3.63) is 188 Å². The van der Waals surface area contributed by atoms with Crippen LogP contribution in [0.3, 0.4) is 0 Å². The zero-order valence-electron chi connectivity index (χ0n) is 30.1. The minimum atomic E-state index is 0.566. The molecule has 0 aliphatic heterocycles. The van der Waals surface area contributed by atoms with E-state index in [1.54, 1.807) is 0 Å². The van der Waals surface area contributed by atoms with Gasteiger partial charge in [0.1, 0.15) is 22.3 Å². The number of rotatable bonds is 6. The predicted octanol–water partition coefficient (Wildman–Crippen LogP) is 13.7. The molecule has 0 unspecified atom stereocenters. The van der Waals surface area contributed by atoms with Gasteiger partial charge in [-0.15, -0.1) is 0 Å². The minimum absolute atomic E-state index is 0.566. The van der Waals surface area contributed by atoms with Crippen molar-refractivity contribution in [1.82, 2.24) is 15.0 Å². The van der Waals surface area contributed by atoms with Crippen LogP contribution in [0, 0.1) is 0 Å². The zero-order valence-corrected chi connectivity index (χ0v) is 30.1. The average Bonchev–Trinajstić information content (AvgIpc) is 3.84. The molecule has 0 amide bonds. The van der Waals surface area contributed by atoms with E-state index in [4.69, 9.17) is 23.8 Å². The van der Waals surface area contributed by atoms with Gasteiger partial charge >= 0.3 is 0 Å². The minimum Gasteiger partial charge on any atom is -0.456 e. The highest BCUT2D eigenvalue weighted by molar-refractivity contribution is 6.07. The highest BCUT2D eigenvalue weighted by Crippen LogP contribution is 2.37. The molecule has 0 radical (unpaired) electrons. The molecule has 0 N–H and O–H groups in total. The Kier molecular flexibility index (Phi) is 7.42. The maximum Gasteiger partial charge on any atom is 0.164 e. The third-order valence-electron chi connectivity index (χ3n) is 10.6. The monoisotopic (exact) mass is 717 g/mol. The number of furan rings is 2. The molecule has 0 saturated carbocycles. The fraction of sp³-hybridized carbons (Fsp3) is 0. The highest BCUT2D eigenvalue weighted by Gasteiger charge is 2.17. The predicted molar refractivity (Wildman–Crippen MR) is 227 cm³/mol. The molecule has 0 aliphatic rings. The molecule has 0 saturated heterocycles. The van der Waals surface area contributed by atoms with Crippen LogP contribution in [0.1, 0.15) is 0 Å². The van der Waals surface area contributed by atoms with Crippen LogP contribution in [0.4, 0.5) is 0 Å². The summed E-state index contributed by atoms with van der Waals surface area (Å²) in [5.74, 6) is 1.73. The van der Waals surface area contributed by atoms with Crippen molar-refractivity contribution in [2.45, 2.75) is 0 Å². The van der Waals surface area contributed by atoms with E-state index >= 15 is 0 Å². The highest BCUT2D eigenvalue weighted by atomic mass is 16.3. The Morgan fingerprint density at radius 2 is 0.554 bits per heavy atom. The van der Waals surface area contributed by atoms with Gasteiger partial charge in [0, 0.05) is 38.2 Å². The topological polar surface area (TPSA) is 65.0 Å². The van der Waals surface area contributed by atoms with E-state index in [-0.39, 0.29) is 0 Å². The number of fused-ring (bicyclic) bond motifs is 6. The lowest BCUT2D eigenvalue weighted by atomic mass is 9.97. The Bertz CT molecular complexity index is 3220. The lowest BCUT2D eigenvalue weighted by molar-refractivity contribution is 0.669. The quantitative estimate of drug-likeness (QED) is 0.171. The molecule has 3 aromatic heterocycles. The molecule has 11 aromatic rings. The van der Waals surface area contributed by atoms with Gasteiger partial charge < -0.3 is 8.83 Å². The summed E-state index contributed by atoms with van der Waals surface area (Å²) in [6, 6.07) is 64.8. The summed E-state index contributed by atoms with van der Waals surface area (Å²) in [5, 5.41) is 4.24. The van der Waals surface area contributed by atoms with Crippen molar-refractivity contribution in [3.8, 4) is 67.5 Å². The van der Waals surface area contributed by atoms with E-state index in [9.17, 15) is 0 Å². The second-order valence-corrected chi connectivity index (χ2v) is 14.0. The first-order chi connectivity index (χ1) is 27.7. The number of benzene rings is 8. The van der Waals surface area contributed by atoms with Crippen molar-refractivity contribution in [2.75, 3.05) is 0 Å². The van der Waals surface area contributed by atoms with Crippen molar-refractivity contribution >= 4 is 43.9 Å². The Balaban J connectivity index is 0.931. The summed E-state index contributed by atoms with van der Waals surface area (Å²) in [5.41, 5.74) is 12.9. The van der Waals surface area contributed by atoms with Gasteiger partial charge in [0.2, 0.25) is 0 Å². The maximum atomic E-state index is 6.54. The smallest absolute Gasteiger partial charge is 0.164 e. The fourth-order valence-electron chi connectivity index (χ4n) is 7.65. The van der Waals surface area contributed by atoms with Gasteiger partial charge in [0.25, 0.3) is 0 Å². The molecule has 0 aliphatic carbocycles.